The molecule has 0 aromatic heterocycles. The number of amides is 2. The third kappa shape index (κ3) is 4.37. The van der Waals surface area contributed by atoms with Crippen LogP contribution in [-0.4, -0.2) is 24.9 Å². The van der Waals surface area contributed by atoms with E-state index in [1.165, 1.54) is 12.1 Å². The minimum Gasteiger partial charge on any atom is -0.355 e. The Balaban J connectivity index is 1.52. The Morgan fingerprint density at radius 1 is 1.16 bits per heavy atom. The average Bonchev–Trinajstić information content (AvgIpc) is 2.99. The normalized spacial score (nSPS) is 17.0. The van der Waals surface area contributed by atoms with E-state index in [0.29, 0.717) is 24.5 Å². The SMILES string of the molecule is O=C(NCCc1ccc(F)cc1)C1CC(=O)N(c2ccc(Cl)cc2)C1. The fourth-order valence-corrected chi connectivity index (χ4v) is 3.01. The Labute approximate surface area is 150 Å². The number of carbonyl (C=O) groups is 2. The molecule has 2 aromatic carbocycles. The van der Waals surface area contributed by atoms with Crippen molar-refractivity contribution in [2.45, 2.75) is 12.8 Å². The van der Waals surface area contributed by atoms with E-state index in [9.17, 15) is 14.0 Å². The number of anilines is 1. The molecule has 0 spiro atoms. The molecule has 1 atom stereocenters. The Morgan fingerprint density at radius 3 is 2.52 bits per heavy atom. The first-order chi connectivity index (χ1) is 12.0. The maximum atomic E-state index is 12.9. The van der Waals surface area contributed by atoms with Crippen molar-refractivity contribution < 1.29 is 14.0 Å². The molecule has 2 aromatic rings. The van der Waals surface area contributed by atoms with E-state index in [4.69, 9.17) is 11.6 Å². The minimum absolute atomic E-state index is 0.0685. The van der Waals surface area contributed by atoms with Crippen molar-refractivity contribution in [3.8, 4) is 0 Å². The number of nitrogens with zero attached hydrogens (tertiary/aromatic N) is 1. The zero-order valence-electron chi connectivity index (χ0n) is 13.5. The van der Waals surface area contributed by atoms with Crippen LogP contribution in [0.2, 0.25) is 5.02 Å². The van der Waals surface area contributed by atoms with Gasteiger partial charge in [-0.25, -0.2) is 4.39 Å². The van der Waals surface area contributed by atoms with E-state index < -0.39 is 0 Å². The van der Waals surface area contributed by atoms with Gasteiger partial charge in [0.25, 0.3) is 0 Å². The molecule has 1 unspecified atom stereocenters. The Kier molecular flexibility index (Phi) is 5.34. The predicted octanol–water partition coefficient (Wildman–Crippen LogP) is 3.19. The molecule has 1 fully saturated rings. The fourth-order valence-electron chi connectivity index (χ4n) is 2.88. The van der Waals surface area contributed by atoms with Crippen LogP contribution in [0.4, 0.5) is 10.1 Å². The van der Waals surface area contributed by atoms with Gasteiger partial charge in [0.1, 0.15) is 5.82 Å². The number of nitrogens with one attached hydrogen (secondary N) is 1. The lowest BCUT2D eigenvalue weighted by molar-refractivity contribution is -0.126. The minimum atomic E-state index is -0.364. The van der Waals surface area contributed by atoms with Gasteiger partial charge in [0.15, 0.2) is 0 Å². The van der Waals surface area contributed by atoms with E-state index in [1.807, 2.05) is 0 Å². The summed E-state index contributed by atoms with van der Waals surface area (Å²) in [7, 11) is 0. The molecule has 0 saturated carbocycles. The number of rotatable bonds is 5. The summed E-state index contributed by atoms with van der Waals surface area (Å²) >= 11 is 5.86. The Bertz CT molecular complexity index is 762. The quantitative estimate of drug-likeness (QED) is 0.890. The smallest absolute Gasteiger partial charge is 0.227 e. The largest absolute Gasteiger partial charge is 0.355 e. The van der Waals surface area contributed by atoms with Crippen molar-refractivity contribution in [1.82, 2.24) is 5.32 Å². The summed E-state index contributed by atoms with van der Waals surface area (Å²) in [4.78, 5) is 26.1. The van der Waals surface area contributed by atoms with Gasteiger partial charge in [-0.3, -0.25) is 9.59 Å². The van der Waals surface area contributed by atoms with E-state index in [0.717, 1.165) is 11.3 Å². The Hall–Kier alpha value is -2.40. The molecule has 1 aliphatic heterocycles. The summed E-state index contributed by atoms with van der Waals surface area (Å²) in [5, 5.41) is 3.46. The monoisotopic (exact) mass is 360 g/mol. The van der Waals surface area contributed by atoms with Gasteiger partial charge >= 0.3 is 0 Å². The van der Waals surface area contributed by atoms with Crippen LogP contribution in [0.25, 0.3) is 0 Å². The molecule has 0 aliphatic carbocycles. The molecule has 0 bridgehead atoms. The van der Waals surface area contributed by atoms with Crippen molar-refractivity contribution in [3.63, 3.8) is 0 Å². The molecule has 0 radical (unpaired) electrons. The van der Waals surface area contributed by atoms with Crippen molar-refractivity contribution in [1.29, 1.82) is 0 Å². The van der Waals surface area contributed by atoms with Gasteiger partial charge in [-0.15, -0.1) is 0 Å². The van der Waals surface area contributed by atoms with Crippen LogP contribution in [-0.2, 0) is 16.0 Å². The standard InChI is InChI=1S/C19H18ClFN2O2/c20-15-3-7-17(8-4-15)23-12-14(11-18(23)24)19(25)22-10-9-13-1-5-16(21)6-2-13/h1-8,14H,9-12H2,(H,22,25). The zero-order chi connectivity index (χ0) is 17.8. The number of hydrogen-bond acceptors (Lipinski definition) is 2. The molecule has 130 valence electrons. The van der Waals surface area contributed by atoms with E-state index >= 15 is 0 Å². The van der Waals surface area contributed by atoms with Gasteiger partial charge < -0.3 is 10.2 Å². The number of benzene rings is 2. The molecular formula is C19H18ClFN2O2. The van der Waals surface area contributed by atoms with E-state index in [1.54, 1.807) is 41.3 Å². The van der Waals surface area contributed by atoms with Crippen molar-refractivity contribution in [3.05, 3.63) is 64.9 Å². The topological polar surface area (TPSA) is 49.4 Å². The Morgan fingerprint density at radius 2 is 1.84 bits per heavy atom. The first-order valence-corrected chi connectivity index (χ1v) is 8.49. The molecule has 2 amide bonds. The average molecular weight is 361 g/mol. The number of halogens is 2. The molecule has 25 heavy (non-hydrogen) atoms. The lowest BCUT2D eigenvalue weighted by atomic mass is 10.1. The molecular weight excluding hydrogens is 343 g/mol. The molecule has 1 saturated heterocycles. The second kappa shape index (κ2) is 7.66. The summed E-state index contributed by atoms with van der Waals surface area (Å²) in [6, 6.07) is 13.2. The third-order valence-corrected chi connectivity index (χ3v) is 4.51. The van der Waals surface area contributed by atoms with Gasteiger partial charge in [-0.2, -0.15) is 0 Å². The third-order valence-electron chi connectivity index (χ3n) is 4.26. The van der Waals surface area contributed by atoms with Crippen LogP contribution in [0.1, 0.15) is 12.0 Å². The van der Waals surface area contributed by atoms with Crippen molar-refractivity contribution in [2.24, 2.45) is 5.92 Å². The maximum absolute atomic E-state index is 12.9. The lowest BCUT2D eigenvalue weighted by Gasteiger charge is -2.16. The molecule has 4 nitrogen and oxygen atoms in total. The first kappa shape index (κ1) is 17.4. The summed E-state index contributed by atoms with van der Waals surface area (Å²) < 4.78 is 12.9. The molecule has 6 heteroatoms. The highest BCUT2D eigenvalue weighted by atomic mass is 35.5. The van der Waals surface area contributed by atoms with Crippen LogP contribution >= 0.6 is 11.6 Å². The molecule has 1 heterocycles. The molecule has 1 N–H and O–H groups in total. The molecule has 3 rings (SSSR count). The fraction of sp³-hybridized carbons (Fsp3) is 0.263. The van der Waals surface area contributed by atoms with Crippen LogP contribution in [0.3, 0.4) is 0 Å². The first-order valence-electron chi connectivity index (χ1n) is 8.11. The lowest BCUT2D eigenvalue weighted by Crippen LogP contribution is -2.34. The van der Waals surface area contributed by atoms with Crippen LogP contribution in [0.15, 0.2) is 48.5 Å². The van der Waals surface area contributed by atoms with Gasteiger partial charge in [0.2, 0.25) is 11.8 Å². The van der Waals surface area contributed by atoms with E-state index in [-0.39, 0.29) is 30.0 Å². The van der Waals surface area contributed by atoms with Gasteiger partial charge in [0.05, 0.1) is 5.92 Å². The van der Waals surface area contributed by atoms with Crippen LogP contribution < -0.4 is 10.2 Å². The van der Waals surface area contributed by atoms with Crippen LogP contribution in [0.5, 0.6) is 0 Å². The second-order valence-corrected chi connectivity index (χ2v) is 6.49. The number of carbonyl (C=O) groups excluding carboxylic acids is 2. The summed E-state index contributed by atoms with van der Waals surface area (Å²) in [6.07, 6.45) is 0.818. The maximum Gasteiger partial charge on any atom is 0.227 e. The predicted molar refractivity (Wildman–Crippen MR) is 95.0 cm³/mol. The van der Waals surface area contributed by atoms with Gasteiger partial charge in [-0.05, 0) is 48.4 Å². The summed E-state index contributed by atoms with van der Waals surface area (Å²) in [5.41, 5.74) is 1.70. The highest BCUT2D eigenvalue weighted by Gasteiger charge is 2.34. The number of hydrogen-bond donors (Lipinski definition) is 1. The van der Waals surface area contributed by atoms with Crippen molar-refractivity contribution >= 4 is 29.1 Å². The van der Waals surface area contributed by atoms with Gasteiger partial charge in [0, 0.05) is 30.2 Å². The van der Waals surface area contributed by atoms with Gasteiger partial charge in [-0.1, -0.05) is 23.7 Å². The summed E-state index contributed by atoms with van der Waals surface area (Å²) in [6.45, 7) is 0.818. The summed E-state index contributed by atoms with van der Waals surface area (Å²) in [5.74, 6) is -0.844. The van der Waals surface area contributed by atoms with E-state index in [2.05, 4.69) is 5.32 Å². The highest BCUT2D eigenvalue weighted by molar-refractivity contribution is 6.30. The van der Waals surface area contributed by atoms with Crippen molar-refractivity contribution in [2.75, 3.05) is 18.0 Å². The zero-order valence-corrected chi connectivity index (χ0v) is 14.3. The molecule has 1 aliphatic rings. The van der Waals surface area contributed by atoms with Crippen LogP contribution in [0, 0.1) is 11.7 Å². The second-order valence-electron chi connectivity index (χ2n) is 6.05. The highest BCUT2D eigenvalue weighted by Crippen LogP contribution is 2.26.